The Bertz CT molecular complexity index is 1500. The molecule has 0 spiro atoms. The van der Waals surface area contributed by atoms with Gasteiger partial charge >= 0.3 is 12.1 Å². The molecular formula is C42H63F5N2O5. The molecule has 0 saturated heterocycles. The number of hydrogen-bond acceptors (Lipinski definition) is 5. The predicted octanol–water partition coefficient (Wildman–Crippen LogP) is 11.7. The van der Waals surface area contributed by atoms with Crippen LogP contribution in [-0.4, -0.2) is 48.6 Å². The maximum absolute atomic E-state index is 13.9. The van der Waals surface area contributed by atoms with Gasteiger partial charge in [0.25, 0.3) is 5.91 Å². The summed E-state index contributed by atoms with van der Waals surface area (Å²) in [6.45, 7) is 23.1. The van der Waals surface area contributed by atoms with Crippen LogP contribution in [0.15, 0.2) is 41.5 Å². The fourth-order valence-corrected chi connectivity index (χ4v) is 5.19. The number of aryl methyl sites for hydroxylation is 1. The van der Waals surface area contributed by atoms with E-state index in [-0.39, 0.29) is 28.8 Å². The largest absolute Gasteiger partial charge is 0.493 e. The summed E-state index contributed by atoms with van der Waals surface area (Å²) >= 11 is 0. The van der Waals surface area contributed by atoms with Gasteiger partial charge in [0.15, 0.2) is 6.29 Å². The maximum atomic E-state index is 13.9. The number of rotatable bonds is 13. The number of carbonyl (C=O) groups is 3. The number of halogens is 5. The predicted molar refractivity (Wildman–Crippen MR) is 210 cm³/mol. The summed E-state index contributed by atoms with van der Waals surface area (Å²) in [5.41, 5.74) is 0.872. The number of ether oxygens (including phenoxy) is 1. The van der Waals surface area contributed by atoms with Crippen molar-refractivity contribution < 1.29 is 46.2 Å². The van der Waals surface area contributed by atoms with Gasteiger partial charge in [-0.25, -0.2) is 8.78 Å². The standard InChI is InChI=1S/C21H25F3O2.C15H20F2N2O3.3C2H6/c1-5-13(2)15(4)11-19(21(22,23)24)18(12-25)17-9-8-14(3)16-7-6-10-26-20(16)17;1-3-5-9(4-2)19-10-6-11(16)14(12(17)7-10)15(22)18-8-13(20)21;3*1-2/h8-9,11-13H,5-7,10H2,1-4H3;6-7,9,19H,3-5,8H2,1-2H3,(H,18,22)(H,20,21);3*1-2H3/b15-11-,19-18-;;;;/t;9-;;;/m.1.../s1. The van der Waals surface area contributed by atoms with Gasteiger partial charge in [-0.3, -0.25) is 14.4 Å². The highest BCUT2D eigenvalue weighted by Crippen LogP contribution is 2.40. The molecule has 7 nitrogen and oxygen atoms in total. The molecule has 0 radical (unpaired) electrons. The third-order valence-electron chi connectivity index (χ3n) is 8.25. The van der Waals surface area contributed by atoms with E-state index in [9.17, 15) is 36.3 Å². The first kappa shape index (κ1) is 51.9. The molecule has 3 N–H and O–H groups in total. The van der Waals surface area contributed by atoms with Crippen LogP contribution in [0.3, 0.4) is 0 Å². The molecule has 12 heteroatoms. The number of carboxylic acid groups (broad SMARTS) is 1. The summed E-state index contributed by atoms with van der Waals surface area (Å²) in [4.78, 5) is 33.7. The van der Waals surface area contributed by atoms with Crippen molar-refractivity contribution in [2.45, 2.75) is 134 Å². The molecule has 2 aromatic rings. The van der Waals surface area contributed by atoms with Crippen molar-refractivity contribution in [3.05, 3.63) is 75.4 Å². The van der Waals surface area contributed by atoms with Crippen LogP contribution in [0.5, 0.6) is 5.75 Å². The number of fused-ring (bicyclic) bond motifs is 1. The van der Waals surface area contributed by atoms with E-state index in [0.717, 1.165) is 67.9 Å². The number of aldehydes is 1. The fraction of sp³-hybridized carbons (Fsp3) is 0.548. The van der Waals surface area contributed by atoms with Crippen LogP contribution in [0.1, 0.15) is 135 Å². The van der Waals surface area contributed by atoms with E-state index in [1.807, 2.05) is 81.5 Å². The Morgan fingerprint density at radius 2 is 1.56 bits per heavy atom. The van der Waals surface area contributed by atoms with Crippen LogP contribution >= 0.6 is 0 Å². The van der Waals surface area contributed by atoms with Crippen LogP contribution < -0.4 is 15.4 Å². The molecular weight excluding hydrogens is 707 g/mol. The maximum Gasteiger partial charge on any atom is 0.417 e. The van der Waals surface area contributed by atoms with Crippen LogP contribution in [-0.2, 0) is 16.0 Å². The SMILES string of the molecule is CC.CC.CC.CCC(C)/C(C)=C\C(=C(/C=O)c1ccc(C)c2c1OCCC2)C(F)(F)F.CCC[C@@H](CC)Nc1cc(F)c(C(=O)NCC(=O)O)c(F)c1. The Labute approximate surface area is 319 Å². The minimum Gasteiger partial charge on any atom is -0.493 e. The summed E-state index contributed by atoms with van der Waals surface area (Å²) in [6.07, 6.45) is 1.66. The lowest BCUT2D eigenvalue weighted by Crippen LogP contribution is -2.30. The van der Waals surface area contributed by atoms with Crippen molar-refractivity contribution in [1.29, 1.82) is 0 Å². The molecule has 1 aliphatic rings. The van der Waals surface area contributed by atoms with Gasteiger partial charge in [-0.2, -0.15) is 13.2 Å². The van der Waals surface area contributed by atoms with E-state index in [0.29, 0.717) is 24.2 Å². The van der Waals surface area contributed by atoms with E-state index in [2.05, 4.69) is 5.32 Å². The Morgan fingerprint density at radius 3 is 2.02 bits per heavy atom. The average Bonchev–Trinajstić information content (AvgIpc) is 3.16. The van der Waals surface area contributed by atoms with Gasteiger partial charge in [0.05, 0.1) is 12.2 Å². The Balaban J connectivity index is 0. The molecule has 3 rings (SSSR count). The second-order valence-corrected chi connectivity index (χ2v) is 11.8. The van der Waals surface area contributed by atoms with Gasteiger partial charge < -0.3 is 20.5 Å². The number of carbonyl (C=O) groups excluding carboxylic acids is 2. The number of aliphatic carboxylic acids is 1. The summed E-state index contributed by atoms with van der Waals surface area (Å²) in [7, 11) is 0. The third-order valence-corrected chi connectivity index (χ3v) is 8.25. The van der Waals surface area contributed by atoms with Crippen molar-refractivity contribution in [3.63, 3.8) is 0 Å². The topological polar surface area (TPSA) is 105 Å². The molecule has 1 unspecified atom stereocenters. The molecule has 0 bridgehead atoms. The highest BCUT2D eigenvalue weighted by Gasteiger charge is 2.36. The summed E-state index contributed by atoms with van der Waals surface area (Å²) < 4.78 is 74.9. The number of nitrogens with one attached hydrogen (secondary N) is 2. The molecule has 0 aromatic heterocycles. The zero-order valence-corrected chi connectivity index (χ0v) is 34.2. The minimum absolute atomic E-state index is 0.00318. The van der Waals surface area contributed by atoms with Crippen molar-refractivity contribution >= 4 is 29.4 Å². The van der Waals surface area contributed by atoms with Crippen molar-refractivity contribution in [3.8, 4) is 5.75 Å². The Hall–Kier alpha value is -4.22. The number of carboxylic acids is 1. The van der Waals surface area contributed by atoms with E-state index in [1.165, 1.54) is 0 Å². The van der Waals surface area contributed by atoms with Gasteiger partial charge in [0.1, 0.15) is 29.5 Å². The van der Waals surface area contributed by atoms with Gasteiger partial charge in [-0.15, -0.1) is 0 Å². The van der Waals surface area contributed by atoms with Crippen molar-refractivity contribution in [1.82, 2.24) is 5.32 Å². The zero-order valence-electron chi connectivity index (χ0n) is 34.2. The lowest BCUT2D eigenvalue weighted by atomic mass is 9.90. The lowest BCUT2D eigenvalue weighted by Gasteiger charge is -2.23. The summed E-state index contributed by atoms with van der Waals surface area (Å²) in [5, 5.41) is 13.4. The Kier molecular flexibility index (Phi) is 26.3. The van der Waals surface area contributed by atoms with Gasteiger partial charge in [0, 0.05) is 22.9 Å². The average molecular weight is 771 g/mol. The first-order valence-corrected chi connectivity index (χ1v) is 19.0. The number of alkyl halides is 3. The van der Waals surface area contributed by atoms with E-state index in [1.54, 1.807) is 19.1 Å². The van der Waals surface area contributed by atoms with Gasteiger partial charge in [-0.05, 0) is 75.1 Å². The number of benzene rings is 2. The van der Waals surface area contributed by atoms with E-state index >= 15 is 0 Å². The quantitative estimate of drug-likeness (QED) is 0.0811. The molecule has 1 aliphatic heterocycles. The molecule has 0 aliphatic carbocycles. The zero-order chi connectivity index (χ0) is 42.2. The molecule has 54 heavy (non-hydrogen) atoms. The van der Waals surface area contributed by atoms with Gasteiger partial charge in [-0.1, -0.05) is 99.4 Å². The number of anilines is 1. The van der Waals surface area contributed by atoms with Crippen LogP contribution in [0.2, 0.25) is 0 Å². The molecule has 306 valence electrons. The molecule has 0 saturated carbocycles. The normalized spacial score (nSPS) is 13.4. The number of allylic oxidation sites excluding steroid dienone is 4. The van der Waals surface area contributed by atoms with Gasteiger partial charge in [0.2, 0.25) is 0 Å². The minimum atomic E-state index is -4.63. The first-order valence-electron chi connectivity index (χ1n) is 19.0. The molecule has 2 aromatic carbocycles. The Morgan fingerprint density at radius 1 is 0.981 bits per heavy atom. The first-order chi connectivity index (χ1) is 25.6. The summed E-state index contributed by atoms with van der Waals surface area (Å²) in [6, 6.07) is 5.48. The number of amides is 1. The second-order valence-electron chi connectivity index (χ2n) is 11.8. The highest BCUT2D eigenvalue weighted by atomic mass is 19.4. The molecule has 1 amide bonds. The summed E-state index contributed by atoms with van der Waals surface area (Å²) in [5.74, 6) is -4.03. The van der Waals surface area contributed by atoms with Crippen LogP contribution in [0, 0.1) is 24.5 Å². The monoisotopic (exact) mass is 770 g/mol. The molecule has 2 atom stereocenters. The van der Waals surface area contributed by atoms with E-state index in [4.69, 9.17) is 9.84 Å². The third kappa shape index (κ3) is 16.4. The highest BCUT2D eigenvalue weighted by molar-refractivity contribution is 6.10. The van der Waals surface area contributed by atoms with E-state index < -0.39 is 47.4 Å². The lowest BCUT2D eigenvalue weighted by molar-refractivity contribution is -0.135. The smallest absolute Gasteiger partial charge is 0.417 e. The fourth-order valence-electron chi connectivity index (χ4n) is 5.19. The molecule has 0 fully saturated rings. The molecule has 1 heterocycles. The van der Waals surface area contributed by atoms with Crippen molar-refractivity contribution in [2.75, 3.05) is 18.5 Å². The van der Waals surface area contributed by atoms with Crippen LogP contribution in [0.25, 0.3) is 5.57 Å². The number of hydrogen-bond donors (Lipinski definition) is 3. The van der Waals surface area contributed by atoms with Crippen LogP contribution in [0.4, 0.5) is 27.6 Å². The second kappa shape index (κ2) is 27.4. The van der Waals surface area contributed by atoms with Crippen molar-refractivity contribution in [2.24, 2.45) is 5.92 Å².